The van der Waals surface area contributed by atoms with Crippen LogP contribution < -0.4 is 29.4 Å². The van der Waals surface area contributed by atoms with E-state index in [1.54, 1.807) is 39.8 Å². The van der Waals surface area contributed by atoms with E-state index >= 15 is 0 Å². The molecular weight excluding hydrogens is 420 g/mol. The van der Waals surface area contributed by atoms with Gasteiger partial charge in [-0.25, -0.2) is 0 Å². The summed E-state index contributed by atoms with van der Waals surface area (Å²) in [6.07, 6.45) is 4.18. The third kappa shape index (κ3) is 3.99. The zero-order chi connectivity index (χ0) is 22.5. The van der Waals surface area contributed by atoms with E-state index in [0.29, 0.717) is 23.0 Å². The highest BCUT2D eigenvalue weighted by Gasteiger charge is 2.23. The second kappa shape index (κ2) is 9.71. The first-order valence-electron chi connectivity index (χ1n) is 10.2. The van der Waals surface area contributed by atoms with Gasteiger partial charge < -0.3 is 18.9 Å². The Hall–Kier alpha value is -3.57. The fourth-order valence-corrected chi connectivity index (χ4v) is 4.59. The molecule has 0 aromatic heterocycles. The first kappa shape index (κ1) is 21.7. The van der Waals surface area contributed by atoms with Crippen LogP contribution in [0.4, 0.5) is 0 Å². The summed E-state index contributed by atoms with van der Waals surface area (Å²) in [4.78, 5) is 1.22. The molecule has 0 bridgehead atoms. The quantitative estimate of drug-likeness (QED) is 0.430. The van der Waals surface area contributed by atoms with Crippen LogP contribution in [0.2, 0.25) is 0 Å². The lowest BCUT2D eigenvalue weighted by Gasteiger charge is -2.20. The molecule has 4 nitrogen and oxygen atoms in total. The summed E-state index contributed by atoms with van der Waals surface area (Å²) in [5.74, 6) is 2.81. The van der Waals surface area contributed by atoms with Crippen molar-refractivity contribution in [3.05, 3.63) is 94.4 Å². The molecule has 4 rings (SSSR count). The number of allylic oxidation sites excluding steroid dienone is 1. The molecule has 1 aliphatic rings. The van der Waals surface area contributed by atoms with E-state index in [4.69, 9.17) is 18.9 Å². The molecule has 1 aliphatic heterocycles. The maximum Gasteiger partial charge on any atom is 0.238 e. The summed E-state index contributed by atoms with van der Waals surface area (Å²) in [6, 6.07) is 20.0. The lowest BCUT2D eigenvalue weighted by molar-refractivity contribution is 0.388. The number of rotatable bonds is 6. The summed E-state index contributed by atoms with van der Waals surface area (Å²) in [7, 11) is 6.65. The Morgan fingerprint density at radius 3 is 1.47 bits per heavy atom. The van der Waals surface area contributed by atoms with Gasteiger partial charge in [0.15, 0.2) is 5.37 Å². The summed E-state index contributed by atoms with van der Waals surface area (Å²) in [5, 5.41) is 4.25. The second-order valence-corrected chi connectivity index (χ2v) is 7.95. The van der Waals surface area contributed by atoms with Crippen LogP contribution in [0.15, 0.2) is 72.8 Å². The average Bonchev–Trinajstić information content (AvgIpc) is 3.39. The Labute approximate surface area is 192 Å². The van der Waals surface area contributed by atoms with Crippen molar-refractivity contribution < 1.29 is 18.9 Å². The number of hydrogen-bond donors (Lipinski definition) is 0. The Morgan fingerprint density at radius 1 is 0.625 bits per heavy atom. The van der Waals surface area contributed by atoms with Gasteiger partial charge in [-0.3, -0.25) is 0 Å². The molecule has 3 aromatic carbocycles. The highest BCUT2D eigenvalue weighted by molar-refractivity contribution is 7.87. The van der Waals surface area contributed by atoms with Crippen LogP contribution in [0.1, 0.15) is 11.1 Å². The van der Waals surface area contributed by atoms with E-state index < -0.39 is 0 Å². The minimum Gasteiger partial charge on any atom is -0.496 e. The van der Waals surface area contributed by atoms with E-state index in [2.05, 4.69) is 41.8 Å². The van der Waals surface area contributed by atoms with Crippen molar-refractivity contribution in [1.29, 1.82) is 0 Å². The average molecular weight is 446 g/mol. The predicted octanol–water partition coefficient (Wildman–Crippen LogP) is 3.53. The van der Waals surface area contributed by atoms with E-state index in [1.165, 1.54) is 10.1 Å². The number of benzene rings is 3. The molecule has 0 fully saturated rings. The van der Waals surface area contributed by atoms with Crippen LogP contribution >= 0.6 is 0 Å². The normalized spacial score (nSPS) is 12.1. The summed E-state index contributed by atoms with van der Waals surface area (Å²) >= 11 is 1.72. The third-order valence-corrected chi connectivity index (χ3v) is 6.25. The van der Waals surface area contributed by atoms with Crippen LogP contribution in [-0.4, -0.2) is 33.8 Å². The van der Waals surface area contributed by atoms with Gasteiger partial charge in [0, 0.05) is 22.9 Å². The molecule has 32 heavy (non-hydrogen) atoms. The van der Waals surface area contributed by atoms with Gasteiger partial charge in [0.2, 0.25) is 16.3 Å². The molecule has 0 spiro atoms. The molecule has 0 N–H and O–H groups in total. The molecule has 3 aromatic rings. The lowest BCUT2D eigenvalue weighted by Crippen LogP contribution is -2.15. The monoisotopic (exact) mass is 445 g/mol. The SMILES string of the molecule is COc1cccc(OC)c1C(c1c(OC)cccc1OC)=c1ccc(=C2C=CC=[S+]2)cc1. The molecule has 162 valence electrons. The van der Waals surface area contributed by atoms with Crippen molar-refractivity contribution in [3.8, 4) is 23.0 Å². The molecule has 1 heterocycles. The van der Waals surface area contributed by atoms with Gasteiger partial charge in [0.25, 0.3) is 0 Å². The molecule has 0 saturated carbocycles. The smallest absolute Gasteiger partial charge is 0.238 e. The van der Waals surface area contributed by atoms with Gasteiger partial charge in [-0.1, -0.05) is 24.3 Å². The van der Waals surface area contributed by atoms with E-state index in [-0.39, 0.29) is 0 Å². The van der Waals surface area contributed by atoms with E-state index in [0.717, 1.165) is 21.9 Å². The molecular formula is C27H25O4S+. The Kier molecular flexibility index (Phi) is 6.57. The number of ether oxygens (including phenoxy) is 4. The van der Waals surface area contributed by atoms with Crippen molar-refractivity contribution in [2.24, 2.45) is 0 Å². The standard InChI is InChI=1S/C27H25O4S/c1-28-20-8-5-9-21(29-2)26(20)25(27-22(30-3)10-6-11-23(27)31-4)19-15-13-18(14-16-19)24-12-7-17-32-24/h5-17H,1-4H3/q+1. The first-order chi connectivity index (χ1) is 15.7. The summed E-state index contributed by atoms with van der Waals surface area (Å²) in [5.41, 5.74) is 2.58. The third-order valence-electron chi connectivity index (χ3n) is 5.33. The minimum atomic E-state index is 0.703. The van der Waals surface area contributed by atoms with E-state index in [9.17, 15) is 0 Å². The lowest BCUT2D eigenvalue weighted by atomic mass is 9.92. The van der Waals surface area contributed by atoms with Crippen LogP contribution in [0.25, 0.3) is 10.5 Å². The maximum atomic E-state index is 5.76. The molecule has 0 amide bonds. The molecule has 0 atom stereocenters. The Balaban J connectivity index is 2.15. The Morgan fingerprint density at radius 2 is 1.09 bits per heavy atom. The topological polar surface area (TPSA) is 36.9 Å². The highest BCUT2D eigenvalue weighted by atomic mass is 32.1. The van der Waals surface area contributed by atoms with Crippen molar-refractivity contribution in [2.75, 3.05) is 28.4 Å². The van der Waals surface area contributed by atoms with Crippen molar-refractivity contribution >= 4 is 27.2 Å². The molecule has 0 unspecified atom stereocenters. The fraction of sp³-hybridized carbons (Fsp3) is 0.148. The second-order valence-electron chi connectivity index (χ2n) is 7.00. The van der Waals surface area contributed by atoms with Gasteiger partial charge in [-0.15, -0.1) is 0 Å². The number of methoxy groups -OCH3 is 4. The van der Waals surface area contributed by atoms with Crippen LogP contribution in [0.3, 0.4) is 0 Å². The zero-order valence-electron chi connectivity index (χ0n) is 18.5. The van der Waals surface area contributed by atoms with Crippen molar-refractivity contribution in [1.82, 2.24) is 0 Å². The van der Waals surface area contributed by atoms with Gasteiger partial charge in [0.05, 0.1) is 39.6 Å². The van der Waals surface area contributed by atoms with E-state index in [1.807, 2.05) is 36.4 Å². The fourth-order valence-electron chi connectivity index (χ4n) is 3.85. The van der Waals surface area contributed by atoms with Crippen LogP contribution in [0, 0.1) is 0 Å². The van der Waals surface area contributed by atoms with Gasteiger partial charge in [-0.2, -0.15) is 0 Å². The summed E-state index contributed by atoms with van der Waals surface area (Å²) in [6.45, 7) is 0. The van der Waals surface area contributed by atoms with Crippen molar-refractivity contribution in [3.63, 3.8) is 0 Å². The Bertz CT molecular complexity index is 1180. The van der Waals surface area contributed by atoms with Gasteiger partial charge in [0.1, 0.15) is 23.0 Å². The van der Waals surface area contributed by atoms with Gasteiger partial charge in [-0.05, 0) is 41.6 Å². The first-order valence-corrected chi connectivity index (χ1v) is 11.0. The molecule has 5 heteroatoms. The minimum absolute atomic E-state index is 0.703. The predicted molar refractivity (Wildman–Crippen MR) is 132 cm³/mol. The largest absolute Gasteiger partial charge is 0.496 e. The molecule has 0 radical (unpaired) electrons. The van der Waals surface area contributed by atoms with Crippen LogP contribution in [-0.2, 0) is 11.4 Å². The zero-order valence-corrected chi connectivity index (χ0v) is 19.4. The van der Waals surface area contributed by atoms with Crippen LogP contribution in [0.5, 0.6) is 23.0 Å². The maximum absolute atomic E-state index is 5.76. The van der Waals surface area contributed by atoms with Crippen molar-refractivity contribution in [2.45, 2.75) is 0 Å². The van der Waals surface area contributed by atoms with Gasteiger partial charge >= 0.3 is 0 Å². The summed E-state index contributed by atoms with van der Waals surface area (Å²) < 4.78 is 23.0. The molecule has 0 saturated heterocycles. The highest BCUT2D eigenvalue weighted by Crippen LogP contribution is 2.43. The number of hydrogen-bond acceptors (Lipinski definition) is 4. The molecule has 0 aliphatic carbocycles.